The van der Waals surface area contributed by atoms with Crippen LogP contribution in [0.4, 0.5) is 0 Å². The Kier molecular flexibility index (Phi) is 5.71. The van der Waals surface area contributed by atoms with Crippen molar-refractivity contribution in [1.82, 2.24) is 20.0 Å². The molecular formula is C21H28N4O3. The number of aromatic nitrogens is 3. The fourth-order valence-electron chi connectivity index (χ4n) is 4.31. The zero-order chi connectivity index (χ0) is 19.4. The molecule has 1 saturated carbocycles. The third kappa shape index (κ3) is 4.24. The molecule has 0 bridgehead atoms. The summed E-state index contributed by atoms with van der Waals surface area (Å²) in [6.45, 7) is 3.89. The molecule has 150 valence electrons. The van der Waals surface area contributed by atoms with Crippen LogP contribution in [0.5, 0.6) is 0 Å². The summed E-state index contributed by atoms with van der Waals surface area (Å²) in [7, 11) is 0. The minimum Gasteiger partial charge on any atom is -0.367 e. The van der Waals surface area contributed by atoms with E-state index in [1.807, 2.05) is 17.0 Å². The van der Waals surface area contributed by atoms with Gasteiger partial charge in [-0.3, -0.25) is 9.78 Å². The molecule has 1 aliphatic carbocycles. The first kappa shape index (κ1) is 19.1. The maximum Gasteiger partial charge on any atom is 0.252 e. The van der Waals surface area contributed by atoms with E-state index in [2.05, 4.69) is 22.0 Å². The number of pyridine rings is 1. The van der Waals surface area contributed by atoms with Crippen molar-refractivity contribution in [2.75, 3.05) is 13.1 Å². The fourth-order valence-corrected chi connectivity index (χ4v) is 4.31. The molecule has 0 radical (unpaired) electrons. The lowest BCUT2D eigenvalue weighted by molar-refractivity contribution is -0.147. The van der Waals surface area contributed by atoms with Gasteiger partial charge in [0.1, 0.15) is 6.61 Å². The molecule has 2 fully saturated rings. The summed E-state index contributed by atoms with van der Waals surface area (Å²) in [6, 6.07) is 3.68. The summed E-state index contributed by atoms with van der Waals surface area (Å²) in [5.74, 6) is 1.29. The lowest BCUT2D eigenvalue weighted by Gasteiger charge is -2.40. The first-order valence-corrected chi connectivity index (χ1v) is 10.3. The highest BCUT2D eigenvalue weighted by Gasteiger charge is 2.39. The third-order valence-corrected chi connectivity index (χ3v) is 5.99. The molecule has 2 aromatic rings. The average molecular weight is 384 g/mol. The van der Waals surface area contributed by atoms with Crippen LogP contribution in [0, 0.1) is 5.41 Å². The number of nitrogens with zero attached hydrogens (tertiary/aromatic N) is 4. The van der Waals surface area contributed by atoms with Crippen LogP contribution in [0.15, 0.2) is 29.0 Å². The van der Waals surface area contributed by atoms with Crippen LogP contribution >= 0.6 is 0 Å². The summed E-state index contributed by atoms with van der Waals surface area (Å²) >= 11 is 0. The van der Waals surface area contributed by atoms with Crippen molar-refractivity contribution in [2.45, 2.75) is 64.6 Å². The van der Waals surface area contributed by atoms with Gasteiger partial charge in [0.15, 0.2) is 0 Å². The van der Waals surface area contributed by atoms with Crippen LogP contribution < -0.4 is 0 Å². The zero-order valence-electron chi connectivity index (χ0n) is 16.5. The Bertz CT molecular complexity index is 786. The molecule has 0 N–H and O–H groups in total. The van der Waals surface area contributed by atoms with Gasteiger partial charge in [0.05, 0.1) is 6.10 Å². The maximum absolute atomic E-state index is 13.1. The summed E-state index contributed by atoms with van der Waals surface area (Å²) in [5.41, 5.74) is 0.673. The molecule has 2 aliphatic rings. The van der Waals surface area contributed by atoms with Crippen molar-refractivity contribution in [3.63, 3.8) is 0 Å². The number of amides is 1. The largest absolute Gasteiger partial charge is 0.367 e. The van der Waals surface area contributed by atoms with Gasteiger partial charge in [-0.25, -0.2) is 0 Å². The minimum atomic E-state index is -0.188. The Morgan fingerprint density at radius 3 is 2.82 bits per heavy atom. The molecule has 7 nitrogen and oxygen atoms in total. The van der Waals surface area contributed by atoms with Crippen molar-refractivity contribution in [3.05, 3.63) is 30.4 Å². The van der Waals surface area contributed by atoms with Crippen molar-refractivity contribution < 1.29 is 14.1 Å². The minimum absolute atomic E-state index is 0.0150. The van der Waals surface area contributed by atoms with Crippen LogP contribution in [-0.2, 0) is 16.1 Å². The van der Waals surface area contributed by atoms with Crippen molar-refractivity contribution in [3.8, 4) is 11.4 Å². The highest BCUT2D eigenvalue weighted by atomic mass is 16.5. The predicted molar refractivity (Wildman–Crippen MR) is 103 cm³/mol. The molecule has 0 spiro atoms. The van der Waals surface area contributed by atoms with E-state index < -0.39 is 0 Å². The van der Waals surface area contributed by atoms with Gasteiger partial charge in [0, 0.05) is 36.5 Å². The van der Waals surface area contributed by atoms with E-state index in [1.165, 1.54) is 6.42 Å². The molecule has 28 heavy (non-hydrogen) atoms. The standard InChI is InChI=1S/C21H28N4O3/c1-21(9-3-2-4-10-21)20(26)25-13-5-6-17(14-25)27-15-18-23-19(24-28-18)16-7-11-22-12-8-16/h7-8,11-12,17H,2-6,9-10,13-15H2,1H3. The Hall–Kier alpha value is -2.28. The topological polar surface area (TPSA) is 81.4 Å². The first-order valence-electron chi connectivity index (χ1n) is 10.3. The quantitative estimate of drug-likeness (QED) is 0.783. The number of likely N-dealkylation sites (tertiary alicyclic amines) is 1. The van der Waals surface area contributed by atoms with Gasteiger partial charge >= 0.3 is 0 Å². The van der Waals surface area contributed by atoms with Crippen molar-refractivity contribution in [1.29, 1.82) is 0 Å². The Balaban J connectivity index is 1.32. The van der Waals surface area contributed by atoms with Crippen LogP contribution in [0.25, 0.3) is 11.4 Å². The highest BCUT2D eigenvalue weighted by Crippen LogP contribution is 2.38. The molecule has 3 heterocycles. The third-order valence-electron chi connectivity index (χ3n) is 5.99. The van der Waals surface area contributed by atoms with E-state index in [-0.39, 0.29) is 18.1 Å². The summed E-state index contributed by atoms with van der Waals surface area (Å²) in [5, 5.41) is 4.01. The molecule has 1 aliphatic heterocycles. The number of hydrogen-bond acceptors (Lipinski definition) is 6. The SMILES string of the molecule is CC1(C(=O)N2CCCC(OCc3nc(-c4ccncc4)no3)C2)CCCCC1. The monoisotopic (exact) mass is 384 g/mol. The smallest absolute Gasteiger partial charge is 0.252 e. The van der Waals surface area contributed by atoms with Gasteiger partial charge in [-0.05, 0) is 37.8 Å². The van der Waals surface area contributed by atoms with Gasteiger partial charge < -0.3 is 14.2 Å². The van der Waals surface area contributed by atoms with E-state index in [0.717, 1.165) is 50.6 Å². The lowest BCUT2D eigenvalue weighted by atomic mass is 9.74. The van der Waals surface area contributed by atoms with E-state index in [1.54, 1.807) is 12.4 Å². The van der Waals surface area contributed by atoms with Gasteiger partial charge in [0.25, 0.3) is 5.89 Å². The molecular weight excluding hydrogens is 356 g/mol. The zero-order valence-corrected chi connectivity index (χ0v) is 16.5. The molecule has 1 unspecified atom stereocenters. The van der Waals surface area contributed by atoms with Gasteiger partial charge in [0.2, 0.25) is 11.7 Å². The van der Waals surface area contributed by atoms with E-state index >= 15 is 0 Å². The molecule has 0 aromatic carbocycles. The number of hydrogen-bond donors (Lipinski definition) is 0. The lowest BCUT2D eigenvalue weighted by Crippen LogP contribution is -2.49. The fraction of sp³-hybridized carbons (Fsp3) is 0.619. The van der Waals surface area contributed by atoms with E-state index in [9.17, 15) is 4.79 Å². The molecule has 1 amide bonds. The highest BCUT2D eigenvalue weighted by molar-refractivity contribution is 5.82. The van der Waals surface area contributed by atoms with Gasteiger partial charge in [-0.15, -0.1) is 0 Å². The van der Waals surface area contributed by atoms with Crippen LogP contribution in [0.2, 0.25) is 0 Å². The van der Waals surface area contributed by atoms with E-state index in [0.29, 0.717) is 24.2 Å². The number of carbonyl (C=O) groups is 1. The van der Waals surface area contributed by atoms with Crippen molar-refractivity contribution >= 4 is 5.91 Å². The van der Waals surface area contributed by atoms with Gasteiger partial charge in [-0.1, -0.05) is 31.3 Å². The molecule has 1 atom stereocenters. The number of piperidine rings is 1. The number of rotatable bonds is 5. The number of ether oxygens (including phenoxy) is 1. The van der Waals surface area contributed by atoms with Crippen LogP contribution in [-0.4, -0.2) is 45.1 Å². The first-order chi connectivity index (χ1) is 13.6. The van der Waals surface area contributed by atoms with Crippen LogP contribution in [0.1, 0.15) is 57.8 Å². The van der Waals surface area contributed by atoms with Crippen molar-refractivity contribution in [2.24, 2.45) is 5.41 Å². The second-order valence-corrected chi connectivity index (χ2v) is 8.20. The normalized spacial score (nSPS) is 22.2. The number of carbonyl (C=O) groups excluding carboxylic acids is 1. The molecule has 4 rings (SSSR count). The van der Waals surface area contributed by atoms with Gasteiger partial charge in [-0.2, -0.15) is 4.98 Å². The average Bonchev–Trinajstić information content (AvgIpc) is 3.22. The summed E-state index contributed by atoms with van der Waals surface area (Å²) in [6.07, 6.45) is 10.9. The summed E-state index contributed by atoms with van der Waals surface area (Å²) in [4.78, 5) is 23.5. The predicted octanol–water partition coefficient (Wildman–Crippen LogP) is 3.61. The summed E-state index contributed by atoms with van der Waals surface area (Å²) < 4.78 is 11.3. The molecule has 7 heteroatoms. The Morgan fingerprint density at radius 2 is 2.04 bits per heavy atom. The maximum atomic E-state index is 13.1. The Labute approximate surface area is 165 Å². The molecule has 1 saturated heterocycles. The second-order valence-electron chi connectivity index (χ2n) is 8.20. The second kappa shape index (κ2) is 8.39. The molecule has 2 aromatic heterocycles. The van der Waals surface area contributed by atoms with Crippen LogP contribution in [0.3, 0.4) is 0 Å². The van der Waals surface area contributed by atoms with E-state index in [4.69, 9.17) is 9.26 Å². The Morgan fingerprint density at radius 1 is 1.25 bits per heavy atom.